The SMILES string of the molecule is Cc1noc(C)c1-c1c[nH]c(=O)c(N)c1. The maximum absolute atomic E-state index is 11.1. The highest BCUT2D eigenvalue weighted by atomic mass is 16.5. The monoisotopic (exact) mass is 205 g/mol. The first-order valence-electron chi connectivity index (χ1n) is 4.51. The quantitative estimate of drug-likeness (QED) is 0.733. The van der Waals surface area contributed by atoms with Crippen LogP contribution in [-0.2, 0) is 0 Å². The second kappa shape index (κ2) is 3.27. The first kappa shape index (κ1) is 9.51. The van der Waals surface area contributed by atoms with Gasteiger partial charge in [-0.15, -0.1) is 0 Å². The number of nitrogens with two attached hydrogens (primary N) is 1. The van der Waals surface area contributed by atoms with E-state index in [-0.39, 0.29) is 11.2 Å². The number of rotatable bonds is 1. The van der Waals surface area contributed by atoms with Crippen molar-refractivity contribution in [3.8, 4) is 11.1 Å². The van der Waals surface area contributed by atoms with E-state index in [2.05, 4.69) is 10.1 Å². The second-order valence-corrected chi connectivity index (χ2v) is 3.37. The fourth-order valence-corrected chi connectivity index (χ4v) is 1.54. The molecule has 15 heavy (non-hydrogen) atoms. The van der Waals surface area contributed by atoms with E-state index in [1.54, 1.807) is 12.3 Å². The van der Waals surface area contributed by atoms with Crippen LogP contribution in [0.25, 0.3) is 11.1 Å². The summed E-state index contributed by atoms with van der Waals surface area (Å²) in [5, 5.41) is 3.84. The maximum Gasteiger partial charge on any atom is 0.271 e. The van der Waals surface area contributed by atoms with Crippen LogP contribution in [-0.4, -0.2) is 10.1 Å². The van der Waals surface area contributed by atoms with E-state index in [4.69, 9.17) is 10.3 Å². The molecule has 0 radical (unpaired) electrons. The Labute approximate surface area is 85.9 Å². The molecule has 0 aliphatic rings. The van der Waals surface area contributed by atoms with Gasteiger partial charge in [0.2, 0.25) is 0 Å². The van der Waals surface area contributed by atoms with Gasteiger partial charge in [-0.3, -0.25) is 4.79 Å². The van der Waals surface area contributed by atoms with Gasteiger partial charge in [-0.2, -0.15) is 0 Å². The molecule has 5 heteroatoms. The molecule has 0 atom stereocenters. The summed E-state index contributed by atoms with van der Waals surface area (Å²) in [7, 11) is 0. The van der Waals surface area contributed by atoms with E-state index in [0.29, 0.717) is 5.76 Å². The lowest BCUT2D eigenvalue weighted by Crippen LogP contribution is -2.10. The molecule has 0 bridgehead atoms. The van der Waals surface area contributed by atoms with Crippen molar-refractivity contribution >= 4 is 5.69 Å². The first-order valence-corrected chi connectivity index (χ1v) is 4.51. The van der Waals surface area contributed by atoms with Crippen LogP contribution >= 0.6 is 0 Å². The molecule has 0 aliphatic carbocycles. The van der Waals surface area contributed by atoms with Crippen molar-refractivity contribution in [3.63, 3.8) is 0 Å². The Morgan fingerprint density at radius 2 is 2.20 bits per heavy atom. The summed E-state index contributed by atoms with van der Waals surface area (Å²) in [5.41, 5.74) is 7.89. The van der Waals surface area contributed by atoms with E-state index in [0.717, 1.165) is 16.8 Å². The molecule has 0 aromatic carbocycles. The number of hydrogen-bond acceptors (Lipinski definition) is 4. The molecule has 0 fully saturated rings. The number of nitrogens with one attached hydrogen (secondary N) is 1. The molecule has 2 aromatic heterocycles. The zero-order valence-electron chi connectivity index (χ0n) is 8.50. The summed E-state index contributed by atoms with van der Waals surface area (Å²) in [6.45, 7) is 3.66. The van der Waals surface area contributed by atoms with Crippen molar-refractivity contribution in [1.29, 1.82) is 0 Å². The largest absolute Gasteiger partial charge is 0.394 e. The van der Waals surface area contributed by atoms with Crippen molar-refractivity contribution in [1.82, 2.24) is 10.1 Å². The lowest BCUT2D eigenvalue weighted by molar-refractivity contribution is 0.393. The van der Waals surface area contributed by atoms with Crippen molar-refractivity contribution in [3.05, 3.63) is 34.1 Å². The van der Waals surface area contributed by atoms with Crippen LogP contribution in [0.15, 0.2) is 21.6 Å². The van der Waals surface area contributed by atoms with Gasteiger partial charge in [0, 0.05) is 17.3 Å². The molecule has 5 nitrogen and oxygen atoms in total. The minimum absolute atomic E-state index is 0.188. The Bertz CT molecular complexity index is 535. The van der Waals surface area contributed by atoms with Gasteiger partial charge in [-0.25, -0.2) is 0 Å². The van der Waals surface area contributed by atoms with Gasteiger partial charge in [0.15, 0.2) is 0 Å². The molecule has 3 N–H and O–H groups in total. The summed E-state index contributed by atoms with van der Waals surface area (Å²) >= 11 is 0. The molecule has 2 rings (SSSR count). The van der Waals surface area contributed by atoms with Gasteiger partial charge in [0.05, 0.1) is 11.4 Å². The maximum atomic E-state index is 11.1. The standard InChI is InChI=1S/C10H11N3O2/c1-5-9(6(2)15-13-5)7-3-8(11)10(14)12-4-7/h3-4H,11H2,1-2H3,(H,12,14). The van der Waals surface area contributed by atoms with Crippen LogP contribution < -0.4 is 11.3 Å². The van der Waals surface area contributed by atoms with Crippen molar-refractivity contribution in [2.24, 2.45) is 0 Å². The molecule has 0 saturated heterocycles. The van der Waals surface area contributed by atoms with E-state index >= 15 is 0 Å². The third-order valence-corrected chi connectivity index (χ3v) is 2.25. The van der Waals surface area contributed by atoms with Crippen LogP contribution in [0.3, 0.4) is 0 Å². The molecule has 78 valence electrons. The molecular formula is C10H11N3O2. The lowest BCUT2D eigenvalue weighted by atomic mass is 10.1. The molecule has 0 aliphatic heterocycles. The number of anilines is 1. The number of nitrogens with zero attached hydrogens (tertiary/aromatic N) is 1. The Balaban J connectivity index is 2.64. The van der Waals surface area contributed by atoms with E-state index in [1.165, 1.54) is 0 Å². The van der Waals surface area contributed by atoms with Crippen LogP contribution in [0, 0.1) is 13.8 Å². The van der Waals surface area contributed by atoms with Crippen molar-refractivity contribution < 1.29 is 4.52 Å². The highest BCUT2D eigenvalue weighted by Gasteiger charge is 2.12. The summed E-state index contributed by atoms with van der Waals surface area (Å²) in [6, 6.07) is 1.62. The third kappa shape index (κ3) is 1.52. The number of aryl methyl sites for hydroxylation is 2. The Morgan fingerprint density at radius 1 is 1.47 bits per heavy atom. The average Bonchev–Trinajstić information content (AvgIpc) is 2.52. The fourth-order valence-electron chi connectivity index (χ4n) is 1.54. The minimum Gasteiger partial charge on any atom is -0.394 e. The normalized spacial score (nSPS) is 10.5. The van der Waals surface area contributed by atoms with Crippen molar-refractivity contribution in [2.45, 2.75) is 13.8 Å². The van der Waals surface area contributed by atoms with Crippen LogP contribution in [0.5, 0.6) is 0 Å². The molecule has 0 saturated carbocycles. The number of aromatic amines is 1. The Kier molecular flexibility index (Phi) is 2.07. The predicted octanol–water partition coefficient (Wildman–Crippen LogP) is 1.23. The lowest BCUT2D eigenvalue weighted by Gasteiger charge is -2.00. The smallest absolute Gasteiger partial charge is 0.271 e. The number of hydrogen-bond donors (Lipinski definition) is 2. The van der Waals surface area contributed by atoms with Crippen LogP contribution in [0.2, 0.25) is 0 Å². The van der Waals surface area contributed by atoms with Gasteiger partial charge in [-0.1, -0.05) is 5.16 Å². The molecule has 2 heterocycles. The predicted molar refractivity (Wildman–Crippen MR) is 56.4 cm³/mol. The van der Waals surface area contributed by atoms with Crippen LogP contribution in [0.1, 0.15) is 11.5 Å². The zero-order valence-corrected chi connectivity index (χ0v) is 8.50. The number of nitrogen functional groups attached to an aromatic ring is 1. The minimum atomic E-state index is -0.287. The summed E-state index contributed by atoms with van der Waals surface area (Å²) < 4.78 is 5.04. The molecular weight excluding hydrogens is 194 g/mol. The Hall–Kier alpha value is -2.04. The highest BCUT2D eigenvalue weighted by Crippen LogP contribution is 2.26. The summed E-state index contributed by atoms with van der Waals surface area (Å²) in [6.07, 6.45) is 1.60. The number of pyridine rings is 1. The molecule has 0 unspecified atom stereocenters. The van der Waals surface area contributed by atoms with Gasteiger partial charge in [0.1, 0.15) is 5.76 Å². The molecule has 2 aromatic rings. The third-order valence-electron chi connectivity index (χ3n) is 2.25. The number of H-pyrrole nitrogens is 1. The Morgan fingerprint density at radius 3 is 2.73 bits per heavy atom. The molecule has 0 spiro atoms. The summed E-state index contributed by atoms with van der Waals surface area (Å²) in [5.74, 6) is 0.707. The average molecular weight is 205 g/mol. The van der Waals surface area contributed by atoms with Crippen LogP contribution in [0.4, 0.5) is 5.69 Å². The van der Waals surface area contributed by atoms with E-state index in [9.17, 15) is 4.79 Å². The topological polar surface area (TPSA) is 84.9 Å². The second-order valence-electron chi connectivity index (χ2n) is 3.37. The van der Waals surface area contributed by atoms with Gasteiger partial charge in [0.25, 0.3) is 5.56 Å². The first-order chi connectivity index (χ1) is 7.09. The van der Waals surface area contributed by atoms with Gasteiger partial charge < -0.3 is 15.2 Å². The molecule has 0 amide bonds. The fraction of sp³-hybridized carbons (Fsp3) is 0.200. The number of aromatic nitrogens is 2. The zero-order chi connectivity index (χ0) is 11.0. The highest BCUT2D eigenvalue weighted by molar-refractivity contribution is 5.69. The van der Waals surface area contributed by atoms with Crippen molar-refractivity contribution in [2.75, 3.05) is 5.73 Å². The van der Waals surface area contributed by atoms with E-state index in [1.807, 2.05) is 13.8 Å². The summed E-state index contributed by atoms with van der Waals surface area (Å²) in [4.78, 5) is 13.7. The van der Waals surface area contributed by atoms with Gasteiger partial charge in [-0.05, 0) is 19.9 Å². The van der Waals surface area contributed by atoms with E-state index < -0.39 is 0 Å². The van der Waals surface area contributed by atoms with Gasteiger partial charge >= 0.3 is 0 Å².